The summed E-state index contributed by atoms with van der Waals surface area (Å²) in [6, 6.07) is -1.95. The SMILES string of the molecule is CNC(=O)C1CCCN1C(=O)N[C@H](C(=O)O)C(C)C. The molecule has 0 aromatic heterocycles. The standard InChI is InChI=1S/C12H21N3O4/c1-7(2)9(11(17)18)14-12(19)15-6-4-5-8(15)10(16)13-3/h7-9H,4-6H2,1-3H3,(H,13,16)(H,14,19)(H,17,18)/t8?,9-/m0/s1. The van der Waals surface area contributed by atoms with Crippen LogP contribution in [0, 0.1) is 5.92 Å². The number of rotatable bonds is 4. The molecule has 1 heterocycles. The van der Waals surface area contributed by atoms with Gasteiger partial charge in [0, 0.05) is 13.6 Å². The molecule has 0 aromatic carbocycles. The first-order chi connectivity index (χ1) is 8.88. The van der Waals surface area contributed by atoms with E-state index in [1.807, 2.05) is 0 Å². The summed E-state index contributed by atoms with van der Waals surface area (Å²) >= 11 is 0. The van der Waals surface area contributed by atoms with Gasteiger partial charge in [-0.1, -0.05) is 13.8 Å². The second-order valence-electron chi connectivity index (χ2n) is 4.98. The normalized spacial score (nSPS) is 20.2. The van der Waals surface area contributed by atoms with E-state index in [1.54, 1.807) is 13.8 Å². The Kier molecular flexibility index (Phi) is 5.14. The number of hydrogen-bond acceptors (Lipinski definition) is 3. The van der Waals surface area contributed by atoms with Crippen LogP contribution in [0.3, 0.4) is 0 Å². The van der Waals surface area contributed by atoms with Gasteiger partial charge >= 0.3 is 12.0 Å². The lowest BCUT2D eigenvalue weighted by molar-refractivity contribution is -0.140. The van der Waals surface area contributed by atoms with Crippen LogP contribution in [-0.2, 0) is 9.59 Å². The molecule has 3 N–H and O–H groups in total. The van der Waals surface area contributed by atoms with Crippen molar-refractivity contribution in [2.75, 3.05) is 13.6 Å². The van der Waals surface area contributed by atoms with Crippen LogP contribution in [0.25, 0.3) is 0 Å². The zero-order chi connectivity index (χ0) is 14.6. The first kappa shape index (κ1) is 15.3. The number of nitrogens with zero attached hydrogens (tertiary/aromatic N) is 1. The summed E-state index contributed by atoms with van der Waals surface area (Å²) in [5.41, 5.74) is 0. The second-order valence-corrected chi connectivity index (χ2v) is 4.98. The van der Waals surface area contributed by atoms with Crippen LogP contribution in [0.5, 0.6) is 0 Å². The quantitative estimate of drug-likeness (QED) is 0.671. The van der Waals surface area contributed by atoms with Crippen molar-refractivity contribution in [1.29, 1.82) is 0 Å². The van der Waals surface area contributed by atoms with E-state index in [9.17, 15) is 14.4 Å². The predicted octanol–water partition coefficient (Wildman–Crippen LogP) is 0.0156. The van der Waals surface area contributed by atoms with Crippen LogP contribution in [0.1, 0.15) is 26.7 Å². The molecular weight excluding hydrogens is 250 g/mol. The molecule has 1 fully saturated rings. The van der Waals surface area contributed by atoms with E-state index >= 15 is 0 Å². The Morgan fingerprint density at radius 3 is 2.42 bits per heavy atom. The van der Waals surface area contributed by atoms with Crippen molar-refractivity contribution in [3.05, 3.63) is 0 Å². The molecule has 0 saturated carbocycles. The van der Waals surface area contributed by atoms with Gasteiger partial charge in [0.25, 0.3) is 0 Å². The van der Waals surface area contributed by atoms with Gasteiger partial charge in [-0.25, -0.2) is 9.59 Å². The third-order valence-corrected chi connectivity index (χ3v) is 3.27. The zero-order valence-electron chi connectivity index (χ0n) is 11.5. The summed E-state index contributed by atoms with van der Waals surface area (Å²) in [6.07, 6.45) is 1.34. The fraction of sp³-hybridized carbons (Fsp3) is 0.750. The number of carboxylic acids is 1. The highest BCUT2D eigenvalue weighted by Crippen LogP contribution is 2.17. The molecule has 1 unspecified atom stereocenters. The van der Waals surface area contributed by atoms with E-state index in [1.165, 1.54) is 11.9 Å². The Labute approximate surface area is 112 Å². The molecule has 108 valence electrons. The number of aliphatic carboxylic acids is 1. The van der Waals surface area contributed by atoms with Gasteiger partial charge < -0.3 is 20.6 Å². The van der Waals surface area contributed by atoms with E-state index in [2.05, 4.69) is 10.6 Å². The van der Waals surface area contributed by atoms with Gasteiger partial charge in [0.05, 0.1) is 0 Å². The zero-order valence-corrected chi connectivity index (χ0v) is 11.5. The first-order valence-corrected chi connectivity index (χ1v) is 6.40. The average molecular weight is 271 g/mol. The second kappa shape index (κ2) is 6.40. The molecule has 0 spiro atoms. The summed E-state index contributed by atoms with van der Waals surface area (Å²) in [5, 5.41) is 14.0. The van der Waals surface area contributed by atoms with Gasteiger partial charge in [0.1, 0.15) is 12.1 Å². The first-order valence-electron chi connectivity index (χ1n) is 6.40. The Hall–Kier alpha value is -1.79. The van der Waals surface area contributed by atoms with E-state index in [0.717, 1.165) is 6.42 Å². The van der Waals surface area contributed by atoms with Gasteiger partial charge in [-0.15, -0.1) is 0 Å². The lowest BCUT2D eigenvalue weighted by Gasteiger charge is -2.26. The predicted molar refractivity (Wildman–Crippen MR) is 68.6 cm³/mol. The maximum absolute atomic E-state index is 12.1. The van der Waals surface area contributed by atoms with Crippen molar-refractivity contribution in [3.8, 4) is 0 Å². The Bertz CT molecular complexity index is 370. The maximum Gasteiger partial charge on any atom is 0.326 e. The minimum absolute atomic E-state index is 0.218. The monoisotopic (exact) mass is 271 g/mol. The number of likely N-dealkylation sites (tertiary alicyclic amines) is 1. The van der Waals surface area contributed by atoms with Gasteiger partial charge in [0.15, 0.2) is 0 Å². The molecule has 0 bridgehead atoms. The largest absolute Gasteiger partial charge is 0.480 e. The average Bonchev–Trinajstić information content (AvgIpc) is 2.82. The number of nitrogens with one attached hydrogen (secondary N) is 2. The minimum atomic E-state index is -1.07. The summed E-state index contributed by atoms with van der Waals surface area (Å²) in [4.78, 5) is 36.2. The van der Waals surface area contributed by atoms with Crippen molar-refractivity contribution in [3.63, 3.8) is 0 Å². The highest BCUT2D eigenvalue weighted by atomic mass is 16.4. The number of hydrogen-bond donors (Lipinski definition) is 3. The van der Waals surface area contributed by atoms with Gasteiger partial charge in [0.2, 0.25) is 5.91 Å². The summed E-state index contributed by atoms with van der Waals surface area (Å²) in [5.74, 6) is -1.51. The number of likely N-dealkylation sites (N-methyl/N-ethyl adjacent to an activating group) is 1. The maximum atomic E-state index is 12.1. The van der Waals surface area contributed by atoms with Crippen LogP contribution in [-0.4, -0.2) is 53.6 Å². The minimum Gasteiger partial charge on any atom is -0.480 e. The molecule has 0 aliphatic carbocycles. The lowest BCUT2D eigenvalue weighted by Crippen LogP contribution is -2.54. The Balaban J connectivity index is 2.71. The van der Waals surface area contributed by atoms with Crippen molar-refractivity contribution >= 4 is 17.9 Å². The fourth-order valence-corrected chi connectivity index (χ4v) is 2.18. The van der Waals surface area contributed by atoms with E-state index in [-0.39, 0.29) is 11.8 Å². The van der Waals surface area contributed by atoms with Crippen molar-refractivity contribution in [2.24, 2.45) is 5.92 Å². The van der Waals surface area contributed by atoms with E-state index < -0.39 is 24.1 Å². The van der Waals surface area contributed by atoms with Crippen LogP contribution in [0.4, 0.5) is 4.79 Å². The lowest BCUT2D eigenvalue weighted by atomic mass is 10.1. The molecule has 7 heteroatoms. The highest BCUT2D eigenvalue weighted by molar-refractivity contribution is 5.89. The Morgan fingerprint density at radius 2 is 1.95 bits per heavy atom. The third kappa shape index (κ3) is 3.59. The van der Waals surface area contributed by atoms with Gasteiger partial charge in [-0.2, -0.15) is 0 Å². The molecular formula is C12H21N3O4. The highest BCUT2D eigenvalue weighted by Gasteiger charge is 2.35. The van der Waals surface area contributed by atoms with Gasteiger partial charge in [-0.05, 0) is 18.8 Å². The van der Waals surface area contributed by atoms with Crippen molar-refractivity contribution in [1.82, 2.24) is 15.5 Å². The van der Waals surface area contributed by atoms with Crippen molar-refractivity contribution < 1.29 is 19.5 Å². The summed E-state index contributed by atoms with van der Waals surface area (Å²) < 4.78 is 0. The Morgan fingerprint density at radius 1 is 1.32 bits per heavy atom. The molecule has 3 amide bonds. The number of carboxylic acid groups (broad SMARTS) is 1. The fourth-order valence-electron chi connectivity index (χ4n) is 2.18. The van der Waals surface area contributed by atoms with Crippen LogP contribution < -0.4 is 10.6 Å². The van der Waals surface area contributed by atoms with E-state index in [0.29, 0.717) is 13.0 Å². The molecule has 2 atom stereocenters. The van der Waals surface area contributed by atoms with E-state index in [4.69, 9.17) is 5.11 Å². The molecule has 7 nitrogen and oxygen atoms in total. The molecule has 1 saturated heterocycles. The third-order valence-electron chi connectivity index (χ3n) is 3.27. The number of amides is 3. The van der Waals surface area contributed by atoms with Crippen molar-refractivity contribution in [2.45, 2.75) is 38.8 Å². The molecule has 0 aromatic rings. The molecule has 1 aliphatic heterocycles. The number of carbonyl (C=O) groups excluding carboxylic acids is 2. The number of carbonyl (C=O) groups is 3. The summed E-state index contributed by atoms with van der Waals surface area (Å²) in [7, 11) is 1.52. The van der Waals surface area contributed by atoms with Crippen LogP contribution in [0.15, 0.2) is 0 Å². The molecule has 0 radical (unpaired) electrons. The molecule has 19 heavy (non-hydrogen) atoms. The smallest absolute Gasteiger partial charge is 0.326 e. The number of urea groups is 1. The van der Waals surface area contributed by atoms with Gasteiger partial charge in [-0.3, -0.25) is 4.79 Å². The molecule has 1 aliphatic rings. The summed E-state index contributed by atoms with van der Waals surface area (Å²) in [6.45, 7) is 3.91. The van der Waals surface area contributed by atoms with Crippen LogP contribution in [0.2, 0.25) is 0 Å². The van der Waals surface area contributed by atoms with Crippen LogP contribution >= 0.6 is 0 Å². The topological polar surface area (TPSA) is 98.7 Å². The molecule has 1 rings (SSSR count).